The third-order valence-corrected chi connectivity index (χ3v) is 7.88. The number of likely N-dealkylation sites (N-methyl/N-ethyl adjacent to an activating group) is 1. The Kier molecular flexibility index (Phi) is 6.99. The summed E-state index contributed by atoms with van der Waals surface area (Å²) in [6, 6.07) is 4.89. The molecular formula is C23H24F3N5O5S. The summed E-state index contributed by atoms with van der Waals surface area (Å²) in [5.41, 5.74) is -4.76. The van der Waals surface area contributed by atoms with Crippen LogP contribution in [0.3, 0.4) is 0 Å². The van der Waals surface area contributed by atoms with Crippen LogP contribution in [0.1, 0.15) is 23.0 Å². The van der Waals surface area contributed by atoms with E-state index in [0.29, 0.717) is 30.8 Å². The molecule has 0 radical (unpaired) electrons. The second-order valence-electron chi connectivity index (χ2n) is 8.85. The molecule has 198 valence electrons. The van der Waals surface area contributed by atoms with Crippen LogP contribution in [0.2, 0.25) is 0 Å². The predicted octanol–water partition coefficient (Wildman–Crippen LogP) is 2.12. The zero-order valence-corrected chi connectivity index (χ0v) is 20.8. The molecule has 1 aromatic heterocycles. The van der Waals surface area contributed by atoms with Gasteiger partial charge in [0.2, 0.25) is 0 Å². The maximum atomic E-state index is 13.1. The fourth-order valence-corrected chi connectivity index (χ4v) is 4.88. The number of piperazine rings is 1. The first kappa shape index (κ1) is 26.5. The van der Waals surface area contributed by atoms with E-state index in [1.807, 2.05) is 7.05 Å². The van der Waals surface area contributed by atoms with Crippen molar-refractivity contribution in [2.45, 2.75) is 29.9 Å². The van der Waals surface area contributed by atoms with Crippen molar-refractivity contribution in [3.05, 3.63) is 53.9 Å². The molecule has 2 saturated heterocycles. The summed E-state index contributed by atoms with van der Waals surface area (Å²) in [4.78, 5) is 47.8. The highest BCUT2D eigenvalue weighted by Crippen LogP contribution is 2.32. The fraction of sp³-hybridized carbons (Fsp3) is 0.391. The number of carbonyl (C=O) groups is 3. The van der Waals surface area contributed by atoms with Crippen molar-refractivity contribution in [2.24, 2.45) is 0 Å². The zero-order valence-electron chi connectivity index (χ0n) is 20.0. The maximum absolute atomic E-state index is 13.1. The lowest BCUT2D eigenvalue weighted by Crippen LogP contribution is -2.47. The molecule has 0 saturated carbocycles. The van der Waals surface area contributed by atoms with E-state index in [0.717, 1.165) is 30.1 Å². The van der Waals surface area contributed by atoms with Crippen LogP contribution in [0.15, 0.2) is 47.5 Å². The molecule has 10 nitrogen and oxygen atoms in total. The van der Waals surface area contributed by atoms with Gasteiger partial charge in [-0.15, -0.1) is 0 Å². The van der Waals surface area contributed by atoms with E-state index in [2.05, 4.69) is 9.88 Å². The molecule has 0 bridgehead atoms. The molecule has 1 aromatic carbocycles. The average molecular weight is 540 g/mol. The Morgan fingerprint density at radius 2 is 1.68 bits per heavy atom. The average Bonchev–Trinajstić information content (AvgIpc) is 3.06. The third kappa shape index (κ3) is 5.03. The van der Waals surface area contributed by atoms with Gasteiger partial charge in [0.05, 0.1) is 10.6 Å². The number of pyridine rings is 1. The SMILES string of the molecule is CC1C(=O)N(c2ccc(S(=O)(=O)C(F)(F)F)cc2)C(=O)N1Cc1ccnc(C(=O)N2CCN(C)CC2)c1. The summed E-state index contributed by atoms with van der Waals surface area (Å²) >= 11 is 0. The maximum Gasteiger partial charge on any atom is 0.501 e. The number of carbonyl (C=O) groups excluding carboxylic acids is 3. The molecule has 37 heavy (non-hydrogen) atoms. The summed E-state index contributed by atoms with van der Waals surface area (Å²) in [6.07, 6.45) is 1.45. The molecule has 0 spiro atoms. The molecule has 2 fully saturated rings. The molecule has 2 aliphatic heterocycles. The lowest BCUT2D eigenvalue weighted by Gasteiger charge is -2.32. The topological polar surface area (TPSA) is 111 Å². The summed E-state index contributed by atoms with van der Waals surface area (Å²) in [7, 11) is -3.60. The van der Waals surface area contributed by atoms with Gasteiger partial charge in [-0.1, -0.05) is 0 Å². The first-order valence-corrected chi connectivity index (χ1v) is 12.8. The molecule has 3 heterocycles. The van der Waals surface area contributed by atoms with Crippen LogP contribution in [0.25, 0.3) is 0 Å². The highest BCUT2D eigenvalue weighted by atomic mass is 32.2. The molecule has 14 heteroatoms. The van der Waals surface area contributed by atoms with Crippen LogP contribution in [0.4, 0.5) is 23.7 Å². The van der Waals surface area contributed by atoms with Crippen LogP contribution in [-0.4, -0.2) is 90.7 Å². The molecule has 2 aromatic rings. The lowest BCUT2D eigenvalue weighted by atomic mass is 10.1. The van der Waals surface area contributed by atoms with Gasteiger partial charge in [-0.25, -0.2) is 18.1 Å². The number of sulfone groups is 1. The number of hydrogen-bond acceptors (Lipinski definition) is 7. The Hall–Kier alpha value is -3.52. The Balaban J connectivity index is 1.51. The highest BCUT2D eigenvalue weighted by Gasteiger charge is 2.47. The standard InChI is InChI=1S/C23H24F3N5O5S/c1-15-20(32)31(17-3-5-18(6-4-17)37(35,36)23(24,25)26)22(34)30(15)14-16-7-8-27-19(13-16)21(33)29-11-9-28(2)10-12-29/h3-8,13,15H,9-12,14H2,1-2H3. The summed E-state index contributed by atoms with van der Waals surface area (Å²) in [5.74, 6) is -0.860. The van der Waals surface area contributed by atoms with E-state index in [4.69, 9.17) is 0 Å². The quantitative estimate of drug-likeness (QED) is 0.535. The monoisotopic (exact) mass is 539 g/mol. The van der Waals surface area contributed by atoms with Gasteiger partial charge < -0.3 is 14.7 Å². The number of benzene rings is 1. The summed E-state index contributed by atoms with van der Waals surface area (Å²) in [6.45, 7) is 4.10. The van der Waals surface area contributed by atoms with Gasteiger partial charge in [0.25, 0.3) is 21.7 Å². The molecule has 4 amide bonds. The number of rotatable bonds is 5. The third-order valence-electron chi connectivity index (χ3n) is 6.38. The van der Waals surface area contributed by atoms with E-state index in [-0.39, 0.29) is 23.8 Å². The lowest BCUT2D eigenvalue weighted by molar-refractivity contribution is -0.119. The fourth-order valence-electron chi connectivity index (χ4n) is 4.12. The van der Waals surface area contributed by atoms with Gasteiger partial charge in [0.15, 0.2) is 0 Å². The van der Waals surface area contributed by atoms with E-state index < -0.39 is 38.2 Å². The molecule has 1 unspecified atom stereocenters. The van der Waals surface area contributed by atoms with Gasteiger partial charge in [-0.05, 0) is 55.9 Å². The molecule has 1 atom stereocenters. The van der Waals surface area contributed by atoms with Crippen LogP contribution in [0, 0.1) is 0 Å². The van der Waals surface area contributed by atoms with Crippen molar-refractivity contribution in [2.75, 3.05) is 38.1 Å². The molecular weight excluding hydrogens is 515 g/mol. The van der Waals surface area contributed by atoms with Crippen molar-refractivity contribution < 1.29 is 36.0 Å². The van der Waals surface area contributed by atoms with Gasteiger partial charge in [0.1, 0.15) is 11.7 Å². The van der Waals surface area contributed by atoms with E-state index in [1.165, 1.54) is 18.0 Å². The molecule has 4 rings (SSSR count). The minimum Gasteiger partial charge on any atom is -0.335 e. The van der Waals surface area contributed by atoms with Gasteiger partial charge in [-0.3, -0.25) is 14.6 Å². The van der Waals surface area contributed by atoms with Gasteiger partial charge >= 0.3 is 11.5 Å². The van der Waals surface area contributed by atoms with E-state index >= 15 is 0 Å². The number of alkyl halides is 3. The highest BCUT2D eigenvalue weighted by molar-refractivity contribution is 7.92. The molecule has 0 N–H and O–H groups in total. The Labute approximate surface area is 211 Å². The predicted molar refractivity (Wildman–Crippen MR) is 125 cm³/mol. The number of nitrogens with zero attached hydrogens (tertiary/aromatic N) is 5. The van der Waals surface area contributed by atoms with Gasteiger partial charge in [0, 0.05) is 38.9 Å². The van der Waals surface area contributed by atoms with Crippen LogP contribution < -0.4 is 4.90 Å². The minimum atomic E-state index is -5.57. The Morgan fingerprint density at radius 3 is 2.27 bits per heavy atom. The second-order valence-corrected chi connectivity index (χ2v) is 10.8. The van der Waals surface area contributed by atoms with Crippen molar-refractivity contribution in [3.63, 3.8) is 0 Å². The Bertz CT molecular complexity index is 1330. The van der Waals surface area contributed by atoms with Gasteiger partial charge in [-0.2, -0.15) is 13.2 Å². The molecule has 0 aliphatic carbocycles. The smallest absolute Gasteiger partial charge is 0.335 e. The minimum absolute atomic E-state index is 0.0195. The van der Waals surface area contributed by atoms with Crippen molar-refractivity contribution in [3.8, 4) is 0 Å². The second kappa shape index (κ2) is 9.74. The number of urea groups is 1. The number of amides is 4. The van der Waals surface area contributed by atoms with Crippen LogP contribution in [0.5, 0.6) is 0 Å². The normalized spacial score (nSPS) is 19.6. The molecule has 2 aliphatic rings. The number of anilines is 1. The van der Waals surface area contributed by atoms with Crippen LogP contribution in [-0.2, 0) is 21.2 Å². The number of aromatic nitrogens is 1. The first-order chi connectivity index (χ1) is 17.3. The Morgan fingerprint density at radius 1 is 1.05 bits per heavy atom. The zero-order chi connectivity index (χ0) is 27.1. The number of imide groups is 1. The number of halogens is 3. The van der Waals surface area contributed by atoms with Crippen LogP contribution >= 0.6 is 0 Å². The van der Waals surface area contributed by atoms with E-state index in [9.17, 15) is 36.0 Å². The van der Waals surface area contributed by atoms with Crippen molar-refractivity contribution in [1.82, 2.24) is 19.7 Å². The summed E-state index contributed by atoms with van der Waals surface area (Å²) in [5, 5.41) is 0. The number of hydrogen-bond donors (Lipinski definition) is 0. The van der Waals surface area contributed by atoms with E-state index in [1.54, 1.807) is 17.0 Å². The van der Waals surface area contributed by atoms with Crippen molar-refractivity contribution in [1.29, 1.82) is 0 Å². The summed E-state index contributed by atoms with van der Waals surface area (Å²) < 4.78 is 61.6. The largest absolute Gasteiger partial charge is 0.501 e. The first-order valence-electron chi connectivity index (χ1n) is 11.3. The van der Waals surface area contributed by atoms with Crippen molar-refractivity contribution >= 4 is 33.4 Å².